The molecule has 2 N–H and O–H groups in total. The molecule has 1 heterocycles. The summed E-state index contributed by atoms with van der Waals surface area (Å²) in [5.41, 5.74) is 6.04. The smallest absolute Gasteiger partial charge is 0.0833 e. The molecule has 0 amide bonds. The Labute approximate surface area is 44.3 Å². The fourth-order valence-corrected chi connectivity index (χ4v) is 0.612. The molecule has 2 nitrogen and oxygen atoms in total. The molecule has 1 aliphatic rings. The molecule has 0 unspecified atom stereocenters. The second kappa shape index (κ2) is 2.28. The van der Waals surface area contributed by atoms with Crippen LogP contribution in [0.4, 0.5) is 0 Å². The summed E-state index contributed by atoms with van der Waals surface area (Å²) in [4.78, 5) is 0. The van der Waals surface area contributed by atoms with Crippen LogP contribution in [-0.2, 0) is 0 Å². The molecule has 0 aromatic heterocycles. The number of hydrazine groups is 1. The molecule has 0 atom stereocenters. The molecule has 7 heavy (non-hydrogen) atoms. The van der Waals surface area contributed by atoms with Gasteiger partial charge in [0.15, 0.2) is 0 Å². The third-order valence-corrected chi connectivity index (χ3v) is 1.19. The molecule has 1 rings (SSSR count). The first-order chi connectivity index (χ1) is 3.43. The third kappa shape index (κ3) is 1.90. The van der Waals surface area contributed by atoms with Crippen molar-refractivity contribution in [1.29, 1.82) is 0 Å². The van der Waals surface area contributed by atoms with Crippen LogP contribution in [0.15, 0.2) is 0 Å². The van der Waals surface area contributed by atoms with Crippen LogP contribution in [0.25, 0.3) is 0 Å². The van der Waals surface area contributed by atoms with Crippen molar-refractivity contribution in [2.75, 3.05) is 0 Å². The second-order valence-corrected chi connectivity index (χ2v) is 1.98. The van der Waals surface area contributed by atoms with Gasteiger partial charge in [-0.15, -0.1) is 0 Å². The largest absolute Gasteiger partial charge is 0.238 e. The van der Waals surface area contributed by atoms with Gasteiger partial charge in [0.25, 0.3) is 0 Å². The SMILES string of the molecule is CCCCC1NN1. The van der Waals surface area contributed by atoms with Crippen molar-refractivity contribution in [3.05, 3.63) is 0 Å². The van der Waals surface area contributed by atoms with Gasteiger partial charge in [0.1, 0.15) is 0 Å². The Balaban J connectivity index is 1.80. The van der Waals surface area contributed by atoms with Crippen LogP contribution in [0, 0.1) is 0 Å². The van der Waals surface area contributed by atoms with E-state index in [2.05, 4.69) is 17.8 Å². The van der Waals surface area contributed by atoms with E-state index in [0.29, 0.717) is 6.17 Å². The summed E-state index contributed by atoms with van der Waals surface area (Å²) >= 11 is 0. The zero-order valence-electron chi connectivity index (χ0n) is 4.70. The average molecular weight is 100 g/mol. The summed E-state index contributed by atoms with van der Waals surface area (Å²) in [6.45, 7) is 2.21. The maximum Gasteiger partial charge on any atom is 0.0833 e. The van der Waals surface area contributed by atoms with Gasteiger partial charge in [0, 0.05) is 0 Å². The van der Waals surface area contributed by atoms with Crippen LogP contribution in [0.1, 0.15) is 26.2 Å². The molecular formula is C5H12N2. The van der Waals surface area contributed by atoms with E-state index in [1.807, 2.05) is 0 Å². The Bertz CT molecular complexity index is 50.0. The molecule has 42 valence electrons. The molecule has 0 aromatic carbocycles. The van der Waals surface area contributed by atoms with Crippen LogP contribution >= 0.6 is 0 Å². The molecule has 0 bridgehead atoms. The molecule has 1 fully saturated rings. The summed E-state index contributed by atoms with van der Waals surface area (Å²) in [6.07, 6.45) is 4.58. The van der Waals surface area contributed by atoms with E-state index in [0.717, 1.165) is 0 Å². The van der Waals surface area contributed by atoms with E-state index < -0.39 is 0 Å². The standard InChI is InChI=1S/C5H12N2/c1-2-3-4-5-6-7-5/h5-7H,2-4H2,1H3. The summed E-state index contributed by atoms with van der Waals surface area (Å²) < 4.78 is 0. The van der Waals surface area contributed by atoms with Crippen LogP contribution < -0.4 is 10.9 Å². The number of unbranched alkanes of at least 4 members (excludes halogenated alkanes) is 1. The molecule has 0 saturated carbocycles. The van der Waals surface area contributed by atoms with E-state index in [1.54, 1.807) is 0 Å². The summed E-state index contributed by atoms with van der Waals surface area (Å²) in [5, 5.41) is 0. The van der Waals surface area contributed by atoms with Crippen molar-refractivity contribution in [3.63, 3.8) is 0 Å². The fraction of sp³-hybridized carbons (Fsp3) is 1.00. The lowest BCUT2D eigenvalue weighted by molar-refractivity contribution is 0.697. The van der Waals surface area contributed by atoms with E-state index >= 15 is 0 Å². The Morgan fingerprint density at radius 3 is 2.57 bits per heavy atom. The van der Waals surface area contributed by atoms with Crippen LogP contribution in [-0.4, -0.2) is 6.17 Å². The van der Waals surface area contributed by atoms with Gasteiger partial charge in [0.05, 0.1) is 6.17 Å². The predicted octanol–water partition coefficient (Wildman–Crippen LogP) is 0.610. The minimum atomic E-state index is 0.653. The van der Waals surface area contributed by atoms with Gasteiger partial charge in [-0.2, -0.15) is 0 Å². The van der Waals surface area contributed by atoms with E-state index in [1.165, 1.54) is 19.3 Å². The van der Waals surface area contributed by atoms with Crippen molar-refractivity contribution >= 4 is 0 Å². The summed E-state index contributed by atoms with van der Waals surface area (Å²) in [5.74, 6) is 0. The van der Waals surface area contributed by atoms with Crippen LogP contribution in [0.5, 0.6) is 0 Å². The van der Waals surface area contributed by atoms with Crippen molar-refractivity contribution in [1.82, 2.24) is 10.9 Å². The predicted molar refractivity (Wildman–Crippen MR) is 29.6 cm³/mol. The number of nitrogens with one attached hydrogen (secondary N) is 2. The van der Waals surface area contributed by atoms with Gasteiger partial charge in [-0.25, -0.2) is 10.9 Å². The van der Waals surface area contributed by atoms with E-state index in [-0.39, 0.29) is 0 Å². The van der Waals surface area contributed by atoms with Gasteiger partial charge in [-0.3, -0.25) is 0 Å². The average Bonchev–Trinajstić information content (AvgIpc) is 2.42. The van der Waals surface area contributed by atoms with Gasteiger partial charge in [0.2, 0.25) is 0 Å². The highest BCUT2D eigenvalue weighted by atomic mass is 15.6. The third-order valence-electron chi connectivity index (χ3n) is 1.19. The maximum absolute atomic E-state index is 3.02. The quantitative estimate of drug-likeness (QED) is 0.510. The van der Waals surface area contributed by atoms with Crippen molar-refractivity contribution in [3.8, 4) is 0 Å². The van der Waals surface area contributed by atoms with Crippen LogP contribution in [0.3, 0.4) is 0 Å². The zero-order valence-corrected chi connectivity index (χ0v) is 4.70. The first-order valence-electron chi connectivity index (χ1n) is 2.94. The monoisotopic (exact) mass is 100 g/mol. The van der Waals surface area contributed by atoms with Gasteiger partial charge in [-0.1, -0.05) is 19.8 Å². The Morgan fingerprint density at radius 1 is 1.43 bits per heavy atom. The lowest BCUT2D eigenvalue weighted by atomic mass is 10.2. The van der Waals surface area contributed by atoms with E-state index in [9.17, 15) is 0 Å². The molecular weight excluding hydrogens is 88.1 g/mol. The molecule has 0 radical (unpaired) electrons. The number of rotatable bonds is 3. The molecule has 2 heteroatoms. The van der Waals surface area contributed by atoms with Crippen LogP contribution in [0.2, 0.25) is 0 Å². The Hall–Kier alpha value is -0.0800. The molecule has 1 saturated heterocycles. The number of hydrogen-bond acceptors (Lipinski definition) is 2. The van der Waals surface area contributed by atoms with E-state index in [4.69, 9.17) is 0 Å². The van der Waals surface area contributed by atoms with Gasteiger partial charge < -0.3 is 0 Å². The normalized spacial score (nSPS) is 20.1. The van der Waals surface area contributed by atoms with Crippen molar-refractivity contribution in [2.45, 2.75) is 32.4 Å². The van der Waals surface area contributed by atoms with Crippen molar-refractivity contribution < 1.29 is 0 Å². The lowest BCUT2D eigenvalue weighted by Crippen LogP contribution is -1.89. The van der Waals surface area contributed by atoms with Gasteiger partial charge in [-0.05, 0) is 6.42 Å². The molecule has 0 aliphatic carbocycles. The first-order valence-corrected chi connectivity index (χ1v) is 2.94. The highest BCUT2D eigenvalue weighted by Gasteiger charge is 2.16. The van der Waals surface area contributed by atoms with Gasteiger partial charge >= 0.3 is 0 Å². The fourth-order valence-electron chi connectivity index (χ4n) is 0.612. The highest BCUT2D eigenvalue weighted by molar-refractivity contribution is 4.69. The lowest BCUT2D eigenvalue weighted by Gasteiger charge is -1.86. The summed E-state index contributed by atoms with van der Waals surface area (Å²) in [7, 11) is 0. The number of hydrogen-bond donors (Lipinski definition) is 2. The highest BCUT2D eigenvalue weighted by Crippen LogP contribution is 2.01. The molecule has 0 aromatic rings. The van der Waals surface area contributed by atoms with Crippen molar-refractivity contribution in [2.24, 2.45) is 0 Å². The summed E-state index contributed by atoms with van der Waals surface area (Å²) in [6, 6.07) is 0. The Kier molecular flexibility index (Phi) is 1.65. The maximum atomic E-state index is 3.02. The first kappa shape index (κ1) is 5.06. The molecule has 1 aliphatic heterocycles. The topological polar surface area (TPSA) is 43.9 Å². The second-order valence-electron chi connectivity index (χ2n) is 1.98. The zero-order chi connectivity index (χ0) is 5.11. The minimum absolute atomic E-state index is 0.653. The molecule has 0 spiro atoms. The Morgan fingerprint density at radius 2 is 2.14 bits per heavy atom. The minimum Gasteiger partial charge on any atom is -0.238 e.